The Bertz CT molecular complexity index is 169. The maximum atomic E-state index is 5.18. The largest absolute Gasteiger partial charge is 0.373 e. The molecule has 0 aromatic heterocycles. The average molecular weight is 138 g/mol. The smallest absolute Gasteiger partial charge is 0.0722 e. The van der Waals surface area contributed by atoms with Crippen LogP contribution in [0, 0.1) is 0 Å². The zero-order valence-corrected chi connectivity index (χ0v) is 5.80. The summed E-state index contributed by atoms with van der Waals surface area (Å²) in [5, 5.41) is 0. The van der Waals surface area contributed by atoms with Crippen molar-refractivity contribution in [3.63, 3.8) is 0 Å². The summed E-state index contributed by atoms with van der Waals surface area (Å²) in [7, 11) is 0. The van der Waals surface area contributed by atoms with Crippen molar-refractivity contribution in [3.8, 4) is 0 Å². The van der Waals surface area contributed by atoms with Crippen LogP contribution in [0.4, 0.5) is 0 Å². The minimum absolute atomic E-state index is 0.771. The summed E-state index contributed by atoms with van der Waals surface area (Å²) in [6, 6.07) is 0. The average Bonchev–Trinajstić information content (AvgIpc) is 2.59. The van der Waals surface area contributed by atoms with Gasteiger partial charge in [0, 0.05) is 0 Å². The van der Waals surface area contributed by atoms with E-state index < -0.39 is 0 Å². The van der Waals surface area contributed by atoms with E-state index in [1.54, 1.807) is 0 Å². The Hall–Kier alpha value is -0.600. The van der Waals surface area contributed by atoms with Crippen LogP contribution in [0.1, 0.15) is 0 Å². The van der Waals surface area contributed by atoms with E-state index in [0.29, 0.717) is 0 Å². The molecule has 0 bridgehead atoms. The van der Waals surface area contributed by atoms with Gasteiger partial charge in [0.05, 0.1) is 26.4 Å². The predicted molar refractivity (Wildman–Crippen MR) is 37.8 cm³/mol. The van der Waals surface area contributed by atoms with E-state index in [1.807, 2.05) is 0 Å². The van der Waals surface area contributed by atoms with Gasteiger partial charge in [0.1, 0.15) is 0 Å². The second-order valence-electron chi connectivity index (χ2n) is 2.49. The molecule has 0 saturated carbocycles. The zero-order valence-electron chi connectivity index (χ0n) is 5.80. The first-order chi connectivity index (χ1) is 4.97. The Morgan fingerprint density at radius 1 is 0.900 bits per heavy atom. The Labute approximate surface area is 60.1 Å². The summed E-state index contributed by atoms with van der Waals surface area (Å²) in [6.45, 7) is 3.09. The highest BCUT2D eigenvalue weighted by Gasteiger charge is 2.12. The molecule has 0 radical (unpaired) electrons. The first-order valence-electron chi connectivity index (χ1n) is 3.51. The molecule has 0 unspecified atom stereocenters. The van der Waals surface area contributed by atoms with Crippen molar-refractivity contribution in [1.29, 1.82) is 0 Å². The third kappa shape index (κ3) is 1.00. The van der Waals surface area contributed by atoms with Gasteiger partial charge >= 0.3 is 0 Å². The number of hydrogen-bond acceptors (Lipinski definition) is 2. The van der Waals surface area contributed by atoms with Crippen molar-refractivity contribution >= 4 is 0 Å². The Balaban J connectivity index is 2.10. The molecule has 2 nitrogen and oxygen atoms in total. The summed E-state index contributed by atoms with van der Waals surface area (Å²) in [5.74, 6) is 0. The number of rotatable bonds is 1. The fourth-order valence-electron chi connectivity index (χ4n) is 1.22. The van der Waals surface area contributed by atoms with Gasteiger partial charge in [0.2, 0.25) is 0 Å². The molecule has 0 aromatic carbocycles. The molecule has 0 spiro atoms. The maximum absolute atomic E-state index is 5.18. The normalized spacial score (nSPS) is 24.8. The topological polar surface area (TPSA) is 18.5 Å². The minimum atomic E-state index is 0.771. The second kappa shape index (κ2) is 2.56. The van der Waals surface area contributed by atoms with Crippen molar-refractivity contribution in [1.82, 2.24) is 0 Å². The first-order valence-corrected chi connectivity index (χ1v) is 3.51. The van der Waals surface area contributed by atoms with Gasteiger partial charge in [-0.3, -0.25) is 0 Å². The molecule has 10 heavy (non-hydrogen) atoms. The monoisotopic (exact) mass is 138 g/mol. The zero-order chi connectivity index (χ0) is 6.81. The van der Waals surface area contributed by atoms with Crippen LogP contribution in [0.3, 0.4) is 0 Å². The number of ether oxygens (including phenoxy) is 2. The molecule has 0 amide bonds. The standard InChI is InChI=1S/C8H10O2/c1-3-9-5-7(1)8-2-4-10-6-8/h1-2H,3-6H2. The highest BCUT2D eigenvalue weighted by Crippen LogP contribution is 2.18. The van der Waals surface area contributed by atoms with E-state index in [0.717, 1.165) is 26.4 Å². The van der Waals surface area contributed by atoms with Gasteiger partial charge in [-0.2, -0.15) is 0 Å². The lowest BCUT2D eigenvalue weighted by Crippen LogP contribution is -1.94. The highest BCUT2D eigenvalue weighted by atomic mass is 16.5. The minimum Gasteiger partial charge on any atom is -0.373 e. The molecule has 0 saturated heterocycles. The van der Waals surface area contributed by atoms with Crippen molar-refractivity contribution in [2.24, 2.45) is 0 Å². The predicted octanol–water partition coefficient (Wildman–Crippen LogP) is 0.900. The molecule has 0 aromatic rings. The molecule has 54 valence electrons. The Morgan fingerprint density at radius 2 is 1.40 bits per heavy atom. The maximum Gasteiger partial charge on any atom is 0.0722 e. The second-order valence-corrected chi connectivity index (χ2v) is 2.49. The summed E-state index contributed by atoms with van der Waals surface area (Å²) in [6.07, 6.45) is 4.25. The van der Waals surface area contributed by atoms with Crippen molar-refractivity contribution in [2.75, 3.05) is 26.4 Å². The SMILES string of the molecule is C1=C(C2=CCOC2)COC1. The van der Waals surface area contributed by atoms with Crippen LogP contribution in [0.15, 0.2) is 23.3 Å². The third-order valence-corrected chi connectivity index (χ3v) is 1.82. The summed E-state index contributed by atoms with van der Waals surface area (Å²) >= 11 is 0. The van der Waals surface area contributed by atoms with Crippen LogP contribution in [0.2, 0.25) is 0 Å². The van der Waals surface area contributed by atoms with E-state index in [2.05, 4.69) is 12.2 Å². The van der Waals surface area contributed by atoms with Crippen LogP contribution < -0.4 is 0 Å². The van der Waals surface area contributed by atoms with E-state index in [9.17, 15) is 0 Å². The molecule has 0 N–H and O–H groups in total. The van der Waals surface area contributed by atoms with Gasteiger partial charge in [-0.05, 0) is 11.1 Å². The van der Waals surface area contributed by atoms with Crippen LogP contribution in [0.25, 0.3) is 0 Å². The molecular weight excluding hydrogens is 128 g/mol. The number of hydrogen-bond donors (Lipinski definition) is 0. The molecule has 0 atom stereocenters. The lowest BCUT2D eigenvalue weighted by atomic mass is 10.1. The van der Waals surface area contributed by atoms with Crippen LogP contribution in [-0.4, -0.2) is 26.4 Å². The van der Waals surface area contributed by atoms with Gasteiger partial charge in [-0.15, -0.1) is 0 Å². The van der Waals surface area contributed by atoms with Gasteiger partial charge in [0.15, 0.2) is 0 Å². The molecule has 2 heteroatoms. The van der Waals surface area contributed by atoms with E-state index in [1.165, 1.54) is 11.1 Å². The Morgan fingerprint density at radius 3 is 1.70 bits per heavy atom. The van der Waals surface area contributed by atoms with E-state index >= 15 is 0 Å². The summed E-state index contributed by atoms with van der Waals surface area (Å²) in [4.78, 5) is 0. The Kier molecular flexibility index (Phi) is 1.57. The van der Waals surface area contributed by atoms with E-state index in [-0.39, 0.29) is 0 Å². The molecule has 0 aliphatic carbocycles. The van der Waals surface area contributed by atoms with Gasteiger partial charge < -0.3 is 9.47 Å². The highest BCUT2D eigenvalue weighted by molar-refractivity contribution is 5.35. The molecule has 2 rings (SSSR count). The molecular formula is C8H10O2. The van der Waals surface area contributed by atoms with Gasteiger partial charge in [0.25, 0.3) is 0 Å². The first kappa shape index (κ1) is 6.13. The summed E-state index contributed by atoms with van der Waals surface area (Å²) in [5.41, 5.74) is 2.63. The van der Waals surface area contributed by atoms with Crippen LogP contribution in [0.5, 0.6) is 0 Å². The lowest BCUT2D eigenvalue weighted by Gasteiger charge is -1.98. The van der Waals surface area contributed by atoms with Crippen LogP contribution in [-0.2, 0) is 9.47 Å². The molecule has 2 aliphatic rings. The molecule has 2 heterocycles. The molecule has 0 fully saturated rings. The van der Waals surface area contributed by atoms with Crippen molar-refractivity contribution in [3.05, 3.63) is 23.3 Å². The van der Waals surface area contributed by atoms with Crippen molar-refractivity contribution in [2.45, 2.75) is 0 Å². The fraction of sp³-hybridized carbons (Fsp3) is 0.500. The van der Waals surface area contributed by atoms with Crippen LogP contribution >= 0.6 is 0 Å². The molecule has 2 aliphatic heterocycles. The lowest BCUT2D eigenvalue weighted by molar-refractivity contribution is 0.200. The fourth-order valence-corrected chi connectivity index (χ4v) is 1.22. The van der Waals surface area contributed by atoms with Crippen molar-refractivity contribution < 1.29 is 9.47 Å². The van der Waals surface area contributed by atoms with Gasteiger partial charge in [-0.1, -0.05) is 12.2 Å². The van der Waals surface area contributed by atoms with Gasteiger partial charge in [-0.25, -0.2) is 0 Å². The third-order valence-electron chi connectivity index (χ3n) is 1.82. The van der Waals surface area contributed by atoms with E-state index in [4.69, 9.17) is 9.47 Å². The summed E-state index contributed by atoms with van der Waals surface area (Å²) < 4.78 is 10.4. The quantitative estimate of drug-likeness (QED) is 0.536.